The van der Waals surface area contributed by atoms with Crippen LogP contribution in [0, 0.1) is 0 Å². The molecule has 1 aromatic rings. The fourth-order valence-corrected chi connectivity index (χ4v) is 3.03. The molecule has 128 valence electrons. The molecule has 3 rings (SSSR count). The molecule has 24 heavy (non-hydrogen) atoms. The van der Waals surface area contributed by atoms with E-state index in [0.29, 0.717) is 30.2 Å². The molecule has 7 nitrogen and oxygen atoms in total. The molecule has 4 amide bonds. The van der Waals surface area contributed by atoms with Crippen molar-refractivity contribution in [1.82, 2.24) is 15.5 Å². The Hall–Kier alpha value is -2.12. The minimum atomic E-state index is -0.667. The molecule has 0 aliphatic carbocycles. The van der Waals surface area contributed by atoms with E-state index < -0.39 is 12.1 Å². The Bertz CT molecular complexity index is 643. The van der Waals surface area contributed by atoms with Crippen LogP contribution in [0.3, 0.4) is 0 Å². The first-order chi connectivity index (χ1) is 11.6. The topological polar surface area (TPSA) is 81.8 Å². The molecule has 2 heterocycles. The van der Waals surface area contributed by atoms with Gasteiger partial charge in [0.05, 0.1) is 5.69 Å². The first kappa shape index (κ1) is 16.7. The van der Waals surface area contributed by atoms with Crippen LogP contribution in [0.1, 0.15) is 12.8 Å². The summed E-state index contributed by atoms with van der Waals surface area (Å²) in [5, 5.41) is 6.36. The van der Waals surface area contributed by atoms with Crippen molar-refractivity contribution in [3.05, 3.63) is 29.3 Å². The number of carbonyl (C=O) groups is 3. The summed E-state index contributed by atoms with van der Waals surface area (Å²) in [7, 11) is 0. The lowest BCUT2D eigenvalue weighted by atomic mass is 10.1. The van der Waals surface area contributed by atoms with Crippen LogP contribution in [0.25, 0.3) is 0 Å². The number of anilines is 1. The zero-order valence-corrected chi connectivity index (χ0v) is 13.9. The van der Waals surface area contributed by atoms with Crippen molar-refractivity contribution < 1.29 is 14.4 Å². The molecule has 0 bridgehead atoms. The number of nitrogens with one attached hydrogen (secondary N) is 2. The van der Waals surface area contributed by atoms with Crippen molar-refractivity contribution in [3.8, 4) is 0 Å². The van der Waals surface area contributed by atoms with E-state index in [1.807, 2.05) is 0 Å². The molecular weight excluding hydrogens is 332 g/mol. The summed E-state index contributed by atoms with van der Waals surface area (Å²) < 4.78 is 0. The first-order valence-corrected chi connectivity index (χ1v) is 8.32. The summed E-state index contributed by atoms with van der Waals surface area (Å²) in [6.07, 6.45) is 0.544. The van der Waals surface area contributed by atoms with Gasteiger partial charge in [0.2, 0.25) is 5.91 Å². The molecule has 2 aliphatic rings. The highest BCUT2D eigenvalue weighted by molar-refractivity contribution is 6.30. The van der Waals surface area contributed by atoms with Crippen molar-refractivity contribution >= 4 is 35.1 Å². The van der Waals surface area contributed by atoms with E-state index in [1.165, 1.54) is 0 Å². The van der Waals surface area contributed by atoms with Gasteiger partial charge < -0.3 is 15.5 Å². The van der Waals surface area contributed by atoms with E-state index in [9.17, 15) is 14.4 Å². The molecule has 2 fully saturated rings. The van der Waals surface area contributed by atoms with Crippen molar-refractivity contribution in [2.24, 2.45) is 0 Å². The van der Waals surface area contributed by atoms with Crippen LogP contribution < -0.4 is 15.5 Å². The zero-order chi connectivity index (χ0) is 17.1. The molecule has 0 radical (unpaired) electrons. The maximum atomic E-state index is 12.5. The molecule has 8 heteroatoms. The summed E-state index contributed by atoms with van der Waals surface area (Å²) >= 11 is 5.83. The average Bonchev–Trinajstić information content (AvgIpc) is 2.88. The number of hydrogen-bond donors (Lipinski definition) is 2. The summed E-state index contributed by atoms with van der Waals surface area (Å²) in [4.78, 5) is 39.6. The molecule has 0 aromatic heterocycles. The maximum absolute atomic E-state index is 12.5. The number of carbonyl (C=O) groups excluding carboxylic acids is 3. The van der Waals surface area contributed by atoms with Crippen LogP contribution in [-0.2, 0) is 9.59 Å². The quantitative estimate of drug-likeness (QED) is 0.793. The molecule has 2 aliphatic heterocycles. The van der Waals surface area contributed by atoms with E-state index >= 15 is 0 Å². The van der Waals surface area contributed by atoms with Gasteiger partial charge in [-0.3, -0.25) is 9.59 Å². The van der Waals surface area contributed by atoms with Crippen molar-refractivity contribution in [2.45, 2.75) is 18.9 Å². The Kier molecular flexibility index (Phi) is 5.01. The average molecular weight is 351 g/mol. The van der Waals surface area contributed by atoms with Gasteiger partial charge in [0.25, 0.3) is 5.91 Å². The third-order valence-corrected chi connectivity index (χ3v) is 4.47. The van der Waals surface area contributed by atoms with Crippen LogP contribution in [0.4, 0.5) is 10.5 Å². The number of halogens is 1. The highest BCUT2D eigenvalue weighted by Gasteiger charge is 2.39. The smallest absolute Gasteiger partial charge is 0.329 e. The molecule has 2 saturated heterocycles. The van der Waals surface area contributed by atoms with Crippen molar-refractivity contribution in [1.29, 1.82) is 0 Å². The molecule has 1 unspecified atom stereocenters. The second-order valence-corrected chi connectivity index (χ2v) is 6.26. The van der Waals surface area contributed by atoms with Gasteiger partial charge in [0.15, 0.2) is 0 Å². The fourth-order valence-electron chi connectivity index (χ4n) is 2.90. The number of nitrogens with zero attached hydrogens (tertiary/aromatic N) is 2. The van der Waals surface area contributed by atoms with E-state index in [1.54, 1.807) is 29.2 Å². The number of amides is 4. The number of imide groups is 1. The van der Waals surface area contributed by atoms with E-state index in [-0.39, 0.29) is 18.2 Å². The molecule has 1 atom stereocenters. The standard InChI is InChI=1S/C16H19ClN4O3/c17-11-1-3-12(4-2-11)21-15(23)13(19-16(21)24)5-6-14(22)20-9-7-18-8-10-20/h1-4,13,18H,5-10H2,(H,19,24). The summed E-state index contributed by atoms with van der Waals surface area (Å²) in [6.45, 7) is 2.94. The van der Waals surface area contributed by atoms with E-state index in [4.69, 9.17) is 11.6 Å². The molecular formula is C16H19ClN4O3. The van der Waals surface area contributed by atoms with Crippen LogP contribution in [0.5, 0.6) is 0 Å². The predicted octanol–water partition coefficient (Wildman–Crippen LogP) is 0.977. The zero-order valence-electron chi connectivity index (χ0n) is 13.1. The van der Waals surface area contributed by atoms with Crippen LogP contribution in [-0.4, -0.2) is 55.0 Å². The molecule has 2 N–H and O–H groups in total. The Morgan fingerprint density at radius 1 is 1.17 bits per heavy atom. The second kappa shape index (κ2) is 7.19. The van der Waals surface area contributed by atoms with Gasteiger partial charge >= 0.3 is 6.03 Å². The monoisotopic (exact) mass is 350 g/mol. The number of urea groups is 1. The number of hydrogen-bond acceptors (Lipinski definition) is 4. The minimum Gasteiger partial charge on any atom is -0.340 e. The molecule has 0 spiro atoms. The fraction of sp³-hybridized carbons (Fsp3) is 0.438. The Labute approximate surface area is 144 Å². The Morgan fingerprint density at radius 2 is 1.83 bits per heavy atom. The maximum Gasteiger partial charge on any atom is 0.329 e. The van der Waals surface area contributed by atoms with Crippen LogP contribution in [0.15, 0.2) is 24.3 Å². The minimum absolute atomic E-state index is 0.0171. The van der Waals surface area contributed by atoms with E-state index in [0.717, 1.165) is 18.0 Å². The molecule has 1 aromatic carbocycles. The van der Waals surface area contributed by atoms with Gasteiger partial charge in [-0.25, -0.2) is 9.69 Å². The summed E-state index contributed by atoms with van der Waals surface area (Å²) in [5.74, 6) is -0.320. The van der Waals surface area contributed by atoms with Crippen LogP contribution in [0.2, 0.25) is 5.02 Å². The normalized spacial score (nSPS) is 21.1. The van der Waals surface area contributed by atoms with Gasteiger partial charge in [-0.2, -0.15) is 0 Å². The first-order valence-electron chi connectivity index (χ1n) is 7.95. The van der Waals surface area contributed by atoms with Gasteiger partial charge in [-0.1, -0.05) is 11.6 Å². The second-order valence-electron chi connectivity index (χ2n) is 5.82. The third-order valence-electron chi connectivity index (χ3n) is 4.22. The Morgan fingerprint density at radius 3 is 2.50 bits per heavy atom. The summed E-state index contributed by atoms with van der Waals surface area (Å²) in [6, 6.07) is 5.35. The van der Waals surface area contributed by atoms with Crippen molar-refractivity contribution in [3.63, 3.8) is 0 Å². The number of piperazine rings is 1. The number of benzene rings is 1. The van der Waals surface area contributed by atoms with E-state index in [2.05, 4.69) is 10.6 Å². The van der Waals surface area contributed by atoms with Gasteiger partial charge in [-0.15, -0.1) is 0 Å². The number of rotatable bonds is 4. The Balaban J connectivity index is 1.59. The highest BCUT2D eigenvalue weighted by atomic mass is 35.5. The van der Waals surface area contributed by atoms with Gasteiger partial charge in [0, 0.05) is 37.6 Å². The lowest BCUT2D eigenvalue weighted by molar-refractivity contribution is -0.132. The molecule has 0 saturated carbocycles. The third kappa shape index (κ3) is 3.52. The highest BCUT2D eigenvalue weighted by Crippen LogP contribution is 2.23. The lowest BCUT2D eigenvalue weighted by Crippen LogP contribution is -2.46. The lowest BCUT2D eigenvalue weighted by Gasteiger charge is -2.27. The summed E-state index contributed by atoms with van der Waals surface area (Å²) in [5.41, 5.74) is 0.470. The predicted molar refractivity (Wildman–Crippen MR) is 89.9 cm³/mol. The van der Waals surface area contributed by atoms with Crippen molar-refractivity contribution in [2.75, 3.05) is 31.1 Å². The largest absolute Gasteiger partial charge is 0.340 e. The van der Waals surface area contributed by atoms with Gasteiger partial charge in [-0.05, 0) is 30.7 Å². The SMILES string of the molecule is O=C(CCC1NC(=O)N(c2ccc(Cl)cc2)C1=O)N1CCNCC1. The van der Waals surface area contributed by atoms with Gasteiger partial charge in [0.1, 0.15) is 6.04 Å². The van der Waals surface area contributed by atoms with Crippen LogP contribution >= 0.6 is 11.6 Å².